The van der Waals surface area contributed by atoms with E-state index in [4.69, 9.17) is 14.6 Å². The number of benzene rings is 2. The Morgan fingerprint density at radius 3 is 2.34 bits per heavy atom. The zero-order valence-corrected chi connectivity index (χ0v) is 19.9. The number of carbonyl (C=O) groups is 3. The summed E-state index contributed by atoms with van der Waals surface area (Å²) in [7, 11) is 0. The first-order valence-corrected chi connectivity index (χ1v) is 12.2. The second-order valence-electron chi connectivity index (χ2n) is 9.02. The Morgan fingerprint density at radius 2 is 1.71 bits per heavy atom. The molecule has 2 aliphatic rings. The van der Waals surface area contributed by atoms with Gasteiger partial charge in [0.2, 0.25) is 0 Å². The molecular weight excluding hydrogens is 448 g/mol. The Bertz CT molecular complexity index is 1030. The molecule has 1 aliphatic heterocycles. The van der Waals surface area contributed by atoms with Crippen molar-refractivity contribution < 1.29 is 29.0 Å². The second-order valence-corrected chi connectivity index (χ2v) is 9.02. The summed E-state index contributed by atoms with van der Waals surface area (Å²) in [5, 5.41) is 11.8. The molecule has 0 bridgehead atoms. The van der Waals surface area contributed by atoms with E-state index in [1.54, 1.807) is 4.90 Å². The summed E-state index contributed by atoms with van der Waals surface area (Å²) in [4.78, 5) is 38.0. The number of aliphatic carboxylic acids is 1. The summed E-state index contributed by atoms with van der Waals surface area (Å²) in [6.07, 6.45) is 0.0337. The predicted octanol–water partition coefficient (Wildman–Crippen LogP) is 3.64. The van der Waals surface area contributed by atoms with Crippen molar-refractivity contribution in [3.05, 3.63) is 59.7 Å². The number of rotatable bonds is 10. The second kappa shape index (κ2) is 11.4. The van der Waals surface area contributed by atoms with Gasteiger partial charge in [0.25, 0.3) is 5.91 Å². The van der Waals surface area contributed by atoms with Crippen molar-refractivity contribution in [3.63, 3.8) is 0 Å². The number of carboxylic acids is 1. The number of carboxylic acid groups (broad SMARTS) is 1. The number of ether oxygens (including phenoxy) is 2. The predicted molar refractivity (Wildman–Crippen MR) is 130 cm³/mol. The third-order valence-electron chi connectivity index (χ3n) is 6.71. The molecule has 186 valence electrons. The van der Waals surface area contributed by atoms with Crippen LogP contribution in [0.3, 0.4) is 0 Å². The quantitative estimate of drug-likeness (QED) is 0.538. The fraction of sp³-hybridized carbons (Fsp3) is 0.444. The van der Waals surface area contributed by atoms with Gasteiger partial charge in [-0.3, -0.25) is 9.59 Å². The highest BCUT2D eigenvalue weighted by molar-refractivity contribution is 5.82. The van der Waals surface area contributed by atoms with Crippen molar-refractivity contribution in [2.45, 2.75) is 38.2 Å². The molecule has 0 aromatic heterocycles. The van der Waals surface area contributed by atoms with E-state index in [1.165, 1.54) is 11.1 Å². The Labute approximate surface area is 205 Å². The van der Waals surface area contributed by atoms with Crippen LogP contribution in [0.2, 0.25) is 0 Å². The van der Waals surface area contributed by atoms with Crippen LogP contribution in [0.5, 0.6) is 0 Å². The van der Waals surface area contributed by atoms with E-state index >= 15 is 0 Å². The van der Waals surface area contributed by atoms with E-state index in [-0.39, 0.29) is 43.9 Å². The zero-order chi connectivity index (χ0) is 24.8. The Hall–Kier alpha value is -3.39. The van der Waals surface area contributed by atoms with Gasteiger partial charge in [-0.2, -0.15) is 0 Å². The summed E-state index contributed by atoms with van der Waals surface area (Å²) in [6, 6.07) is 16.3. The molecule has 2 N–H and O–H groups in total. The minimum Gasteiger partial charge on any atom is -0.481 e. The van der Waals surface area contributed by atoms with Gasteiger partial charge in [0.15, 0.2) is 0 Å². The number of fused-ring (bicyclic) bond motifs is 3. The lowest BCUT2D eigenvalue weighted by Gasteiger charge is -2.27. The molecule has 1 heterocycles. The summed E-state index contributed by atoms with van der Waals surface area (Å²) in [5.74, 6) is -1.37. The maximum absolute atomic E-state index is 13.0. The lowest BCUT2D eigenvalue weighted by molar-refractivity contribution is -0.144. The van der Waals surface area contributed by atoms with E-state index in [0.29, 0.717) is 19.6 Å². The first kappa shape index (κ1) is 24.7. The molecule has 2 aromatic rings. The zero-order valence-electron chi connectivity index (χ0n) is 19.9. The molecule has 0 radical (unpaired) electrons. The first-order valence-electron chi connectivity index (χ1n) is 12.2. The number of hydrogen-bond donors (Lipinski definition) is 2. The Balaban J connectivity index is 1.31. The van der Waals surface area contributed by atoms with Crippen molar-refractivity contribution in [3.8, 4) is 11.1 Å². The normalized spacial score (nSPS) is 18.5. The summed E-state index contributed by atoms with van der Waals surface area (Å²) < 4.78 is 11.3. The SMILES string of the molecule is CCCN(CCC(=O)O)C(=O)C1OCCC1CNC(=O)OCC1c2ccccc2-c2ccccc21. The summed E-state index contributed by atoms with van der Waals surface area (Å²) in [6.45, 7) is 3.46. The minimum absolute atomic E-state index is 0.0193. The number of nitrogens with zero attached hydrogens (tertiary/aromatic N) is 1. The smallest absolute Gasteiger partial charge is 0.407 e. The molecule has 2 aromatic carbocycles. The lowest BCUT2D eigenvalue weighted by atomic mass is 9.98. The molecule has 2 unspecified atom stereocenters. The third kappa shape index (κ3) is 5.65. The van der Waals surface area contributed by atoms with Crippen LogP contribution in [-0.2, 0) is 19.1 Å². The van der Waals surface area contributed by atoms with E-state index in [0.717, 1.165) is 17.5 Å². The molecule has 8 heteroatoms. The van der Waals surface area contributed by atoms with Crippen LogP contribution in [0.25, 0.3) is 11.1 Å². The van der Waals surface area contributed by atoms with Gasteiger partial charge >= 0.3 is 12.1 Å². The molecule has 4 rings (SSSR count). The molecule has 0 spiro atoms. The van der Waals surface area contributed by atoms with Crippen LogP contribution in [0.1, 0.15) is 43.2 Å². The van der Waals surface area contributed by atoms with Gasteiger partial charge in [0.05, 0.1) is 6.42 Å². The highest BCUT2D eigenvalue weighted by Crippen LogP contribution is 2.44. The monoisotopic (exact) mass is 480 g/mol. The topological polar surface area (TPSA) is 105 Å². The maximum atomic E-state index is 13.0. The van der Waals surface area contributed by atoms with E-state index in [1.807, 2.05) is 31.2 Å². The minimum atomic E-state index is -0.945. The van der Waals surface area contributed by atoms with Gasteiger partial charge in [-0.1, -0.05) is 55.5 Å². The van der Waals surface area contributed by atoms with Gasteiger partial charge in [-0.15, -0.1) is 0 Å². The van der Waals surface area contributed by atoms with Crippen LogP contribution in [-0.4, -0.2) is 66.9 Å². The molecule has 1 saturated heterocycles. The number of alkyl carbamates (subject to hydrolysis) is 1. The van der Waals surface area contributed by atoms with Gasteiger partial charge in [-0.05, 0) is 35.1 Å². The van der Waals surface area contributed by atoms with Crippen molar-refractivity contribution in [1.29, 1.82) is 0 Å². The molecule has 2 amide bonds. The van der Waals surface area contributed by atoms with Crippen LogP contribution in [0.15, 0.2) is 48.5 Å². The van der Waals surface area contributed by atoms with Gasteiger partial charge in [0, 0.05) is 38.1 Å². The van der Waals surface area contributed by atoms with Crippen LogP contribution in [0, 0.1) is 5.92 Å². The average molecular weight is 481 g/mol. The first-order chi connectivity index (χ1) is 17.0. The number of nitrogens with one attached hydrogen (secondary N) is 1. The molecule has 35 heavy (non-hydrogen) atoms. The van der Waals surface area contributed by atoms with Gasteiger partial charge in [-0.25, -0.2) is 4.79 Å². The molecular formula is C27H32N2O6. The lowest BCUT2D eigenvalue weighted by Crippen LogP contribution is -2.45. The summed E-state index contributed by atoms with van der Waals surface area (Å²) in [5.41, 5.74) is 4.63. The van der Waals surface area contributed by atoms with Crippen molar-refractivity contribution in [2.75, 3.05) is 32.8 Å². The highest BCUT2D eigenvalue weighted by atomic mass is 16.5. The van der Waals surface area contributed by atoms with Crippen molar-refractivity contribution in [2.24, 2.45) is 5.92 Å². The highest BCUT2D eigenvalue weighted by Gasteiger charge is 2.37. The molecule has 8 nitrogen and oxygen atoms in total. The van der Waals surface area contributed by atoms with E-state index in [9.17, 15) is 14.4 Å². The van der Waals surface area contributed by atoms with Crippen molar-refractivity contribution in [1.82, 2.24) is 10.2 Å². The Morgan fingerprint density at radius 1 is 1.06 bits per heavy atom. The van der Waals surface area contributed by atoms with Crippen LogP contribution < -0.4 is 5.32 Å². The third-order valence-corrected chi connectivity index (χ3v) is 6.71. The van der Waals surface area contributed by atoms with E-state index in [2.05, 4.69) is 29.6 Å². The molecule has 1 fully saturated rings. The molecule has 2 atom stereocenters. The average Bonchev–Trinajstić information content (AvgIpc) is 3.46. The Kier molecular flexibility index (Phi) is 8.02. The summed E-state index contributed by atoms with van der Waals surface area (Å²) >= 11 is 0. The fourth-order valence-electron chi connectivity index (χ4n) is 4.99. The molecule has 0 saturated carbocycles. The van der Waals surface area contributed by atoms with Crippen LogP contribution >= 0.6 is 0 Å². The number of amides is 2. The maximum Gasteiger partial charge on any atom is 0.407 e. The van der Waals surface area contributed by atoms with Crippen LogP contribution in [0.4, 0.5) is 4.79 Å². The molecule has 1 aliphatic carbocycles. The standard InChI is InChI=1S/C27H32N2O6/c1-2-13-29(14-11-24(30)31)26(32)25-18(12-15-34-25)16-28-27(33)35-17-23-21-9-5-3-7-19(21)20-8-4-6-10-22(20)23/h3-10,18,23,25H,2,11-17H2,1H3,(H,28,33)(H,30,31). The number of carbonyl (C=O) groups excluding carboxylic acids is 2. The van der Waals surface area contributed by atoms with Gasteiger partial charge in [0.1, 0.15) is 12.7 Å². The van der Waals surface area contributed by atoms with E-state index < -0.39 is 18.2 Å². The fourth-order valence-corrected chi connectivity index (χ4v) is 4.99. The van der Waals surface area contributed by atoms with Gasteiger partial charge < -0.3 is 24.8 Å². The number of hydrogen-bond acceptors (Lipinski definition) is 5. The largest absolute Gasteiger partial charge is 0.481 e. The van der Waals surface area contributed by atoms with Crippen molar-refractivity contribution >= 4 is 18.0 Å².